The van der Waals surface area contributed by atoms with E-state index in [-0.39, 0.29) is 5.92 Å². The summed E-state index contributed by atoms with van der Waals surface area (Å²) in [6.07, 6.45) is 1.64. The lowest BCUT2D eigenvalue weighted by Gasteiger charge is -2.35. The van der Waals surface area contributed by atoms with Gasteiger partial charge >= 0.3 is 0 Å². The second-order valence-electron chi connectivity index (χ2n) is 3.80. The number of rotatable bonds is 5. The molecule has 2 atom stereocenters. The highest BCUT2D eigenvalue weighted by molar-refractivity contribution is 4.87. The van der Waals surface area contributed by atoms with E-state index in [4.69, 9.17) is 0 Å². The zero-order valence-electron chi connectivity index (χ0n) is 8.67. The van der Waals surface area contributed by atoms with E-state index in [0.717, 1.165) is 6.42 Å². The lowest BCUT2D eigenvalue weighted by atomic mass is 9.81. The highest BCUT2D eigenvalue weighted by Crippen LogP contribution is 2.27. The number of hydrogen-bond donors (Lipinski definition) is 2. The van der Waals surface area contributed by atoms with Gasteiger partial charge in [0.25, 0.3) is 0 Å². The van der Waals surface area contributed by atoms with Crippen LogP contribution in [-0.2, 0) is 0 Å². The Morgan fingerprint density at radius 2 is 1.75 bits per heavy atom. The van der Waals surface area contributed by atoms with E-state index < -0.39 is 11.7 Å². The van der Waals surface area contributed by atoms with Gasteiger partial charge in [0.15, 0.2) is 0 Å². The molecule has 0 radical (unpaired) electrons. The molecule has 0 bridgehead atoms. The Kier molecular flexibility index (Phi) is 4.80. The van der Waals surface area contributed by atoms with Gasteiger partial charge in [-0.25, -0.2) is 0 Å². The van der Waals surface area contributed by atoms with Crippen molar-refractivity contribution in [3.8, 4) is 0 Å². The summed E-state index contributed by atoms with van der Waals surface area (Å²) in [5.41, 5.74) is -0.893. The van der Waals surface area contributed by atoms with Crippen molar-refractivity contribution in [1.29, 1.82) is 0 Å². The van der Waals surface area contributed by atoms with Gasteiger partial charge in [0.05, 0.1) is 11.7 Å². The van der Waals surface area contributed by atoms with Gasteiger partial charge in [-0.15, -0.1) is 0 Å². The monoisotopic (exact) mass is 174 g/mol. The third-order valence-corrected chi connectivity index (χ3v) is 2.71. The summed E-state index contributed by atoms with van der Waals surface area (Å²) in [5.74, 6) is 0.115. The molecule has 2 nitrogen and oxygen atoms in total. The first-order valence-corrected chi connectivity index (χ1v) is 4.89. The summed E-state index contributed by atoms with van der Waals surface area (Å²) < 4.78 is 0. The summed E-state index contributed by atoms with van der Waals surface area (Å²) in [5, 5.41) is 19.7. The lowest BCUT2D eigenvalue weighted by molar-refractivity contribution is -0.110. The second-order valence-corrected chi connectivity index (χ2v) is 3.80. The summed E-state index contributed by atoms with van der Waals surface area (Å²) in [7, 11) is 0. The Labute approximate surface area is 75.6 Å². The number of aliphatic hydroxyl groups excluding tert-OH is 1. The molecule has 2 N–H and O–H groups in total. The van der Waals surface area contributed by atoms with Gasteiger partial charge in [0.1, 0.15) is 0 Å². The fraction of sp³-hybridized carbons (Fsp3) is 1.00. The summed E-state index contributed by atoms with van der Waals surface area (Å²) >= 11 is 0. The molecule has 0 saturated carbocycles. The smallest absolute Gasteiger partial charge is 0.0925 e. The Hall–Kier alpha value is -0.0800. The van der Waals surface area contributed by atoms with Crippen LogP contribution < -0.4 is 0 Å². The minimum atomic E-state index is -0.893. The van der Waals surface area contributed by atoms with E-state index in [1.165, 1.54) is 0 Å². The molecule has 0 spiro atoms. The molecule has 0 aliphatic heterocycles. The molecule has 0 fully saturated rings. The predicted octanol–water partition coefficient (Wildman–Crippen LogP) is 1.94. The zero-order valence-corrected chi connectivity index (χ0v) is 8.67. The van der Waals surface area contributed by atoms with Crippen LogP contribution in [0.4, 0.5) is 0 Å². The van der Waals surface area contributed by atoms with E-state index in [1.807, 2.05) is 27.7 Å². The maximum Gasteiger partial charge on any atom is 0.0925 e. The van der Waals surface area contributed by atoms with E-state index in [9.17, 15) is 10.2 Å². The average molecular weight is 174 g/mol. The summed E-state index contributed by atoms with van der Waals surface area (Å²) in [6, 6.07) is 0. The zero-order chi connectivity index (χ0) is 9.78. The Morgan fingerprint density at radius 1 is 1.25 bits per heavy atom. The molecule has 0 aliphatic carbocycles. The van der Waals surface area contributed by atoms with Gasteiger partial charge in [0, 0.05) is 0 Å². The lowest BCUT2D eigenvalue weighted by Crippen LogP contribution is -2.46. The molecular weight excluding hydrogens is 152 g/mol. The van der Waals surface area contributed by atoms with Gasteiger partial charge in [-0.2, -0.15) is 0 Å². The third-order valence-electron chi connectivity index (χ3n) is 2.71. The standard InChI is InChI=1S/C10H22O2/c1-5-7-9(11)10(12,6-2)8(3)4/h8-9,11-12H,5-7H2,1-4H3. The van der Waals surface area contributed by atoms with Crippen LogP contribution in [0.15, 0.2) is 0 Å². The van der Waals surface area contributed by atoms with Crippen molar-refractivity contribution in [3.63, 3.8) is 0 Å². The Morgan fingerprint density at radius 3 is 2.00 bits per heavy atom. The molecule has 0 heterocycles. The van der Waals surface area contributed by atoms with Crippen LogP contribution in [0, 0.1) is 5.92 Å². The molecule has 0 aromatic carbocycles. The average Bonchev–Trinajstić information content (AvgIpc) is 2.03. The Balaban J connectivity index is 4.29. The van der Waals surface area contributed by atoms with Crippen molar-refractivity contribution >= 4 is 0 Å². The van der Waals surface area contributed by atoms with E-state index in [0.29, 0.717) is 12.8 Å². The normalized spacial score (nSPS) is 19.2. The maximum atomic E-state index is 10.0. The van der Waals surface area contributed by atoms with Crippen LogP contribution in [0.25, 0.3) is 0 Å². The van der Waals surface area contributed by atoms with Crippen LogP contribution in [0.3, 0.4) is 0 Å². The highest BCUT2D eigenvalue weighted by Gasteiger charge is 2.36. The van der Waals surface area contributed by atoms with E-state index >= 15 is 0 Å². The van der Waals surface area contributed by atoms with Crippen molar-refractivity contribution in [1.82, 2.24) is 0 Å². The molecule has 0 saturated heterocycles. The topological polar surface area (TPSA) is 40.5 Å². The van der Waals surface area contributed by atoms with Crippen molar-refractivity contribution in [2.24, 2.45) is 5.92 Å². The number of aliphatic hydroxyl groups is 2. The van der Waals surface area contributed by atoms with Crippen LogP contribution in [0.2, 0.25) is 0 Å². The summed E-state index contributed by atoms with van der Waals surface area (Å²) in [6.45, 7) is 7.82. The molecule has 2 unspecified atom stereocenters. The first kappa shape index (κ1) is 11.9. The number of hydrogen-bond acceptors (Lipinski definition) is 2. The van der Waals surface area contributed by atoms with Crippen LogP contribution in [0.5, 0.6) is 0 Å². The van der Waals surface area contributed by atoms with Gasteiger partial charge in [0.2, 0.25) is 0 Å². The SMILES string of the molecule is CCCC(O)C(O)(CC)C(C)C. The maximum absolute atomic E-state index is 10.0. The largest absolute Gasteiger partial charge is 0.390 e. The minimum absolute atomic E-state index is 0.115. The first-order chi connectivity index (χ1) is 5.49. The minimum Gasteiger partial charge on any atom is -0.390 e. The van der Waals surface area contributed by atoms with Gasteiger partial charge < -0.3 is 10.2 Å². The van der Waals surface area contributed by atoms with E-state index in [2.05, 4.69) is 0 Å². The van der Waals surface area contributed by atoms with Crippen LogP contribution in [0.1, 0.15) is 47.0 Å². The molecule has 0 rings (SSSR count). The third kappa shape index (κ3) is 2.46. The fourth-order valence-electron chi connectivity index (χ4n) is 1.55. The molecule has 0 amide bonds. The highest BCUT2D eigenvalue weighted by atomic mass is 16.3. The summed E-state index contributed by atoms with van der Waals surface area (Å²) in [4.78, 5) is 0. The second kappa shape index (κ2) is 4.83. The molecular formula is C10H22O2. The van der Waals surface area contributed by atoms with Gasteiger partial charge in [-0.3, -0.25) is 0 Å². The molecule has 0 aliphatic rings. The van der Waals surface area contributed by atoms with Crippen molar-refractivity contribution < 1.29 is 10.2 Å². The molecule has 0 aromatic heterocycles. The van der Waals surface area contributed by atoms with Gasteiger partial charge in [-0.05, 0) is 18.8 Å². The first-order valence-electron chi connectivity index (χ1n) is 4.89. The van der Waals surface area contributed by atoms with E-state index in [1.54, 1.807) is 0 Å². The van der Waals surface area contributed by atoms with Gasteiger partial charge in [-0.1, -0.05) is 34.1 Å². The molecule has 12 heavy (non-hydrogen) atoms. The van der Waals surface area contributed by atoms with Crippen molar-refractivity contribution in [2.75, 3.05) is 0 Å². The molecule has 74 valence electrons. The van der Waals surface area contributed by atoms with Crippen molar-refractivity contribution in [3.05, 3.63) is 0 Å². The van der Waals surface area contributed by atoms with Crippen molar-refractivity contribution in [2.45, 2.75) is 58.7 Å². The molecule has 2 heteroatoms. The fourth-order valence-corrected chi connectivity index (χ4v) is 1.55. The molecule has 0 aromatic rings. The van der Waals surface area contributed by atoms with Crippen LogP contribution >= 0.6 is 0 Å². The Bertz CT molecular complexity index is 123. The quantitative estimate of drug-likeness (QED) is 0.668. The van der Waals surface area contributed by atoms with Crippen LogP contribution in [-0.4, -0.2) is 21.9 Å². The predicted molar refractivity (Wildman–Crippen MR) is 51.0 cm³/mol.